The summed E-state index contributed by atoms with van der Waals surface area (Å²) in [6.07, 6.45) is 1.80. The summed E-state index contributed by atoms with van der Waals surface area (Å²) < 4.78 is 7.51. The summed E-state index contributed by atoms with van der Waals surface area (Å²) in [5.74, 6) is 1.57. The van der Waals surface area contributed by atoms with Gasteiger partial charge in [-0.25, -0.2) is 0 Å². The van der Waals surface area contributed by atoms with Crippen molar-refractivity contribution >= 4 is 50.5 Å². The quantitative estimate of drug-likeness (QED) is 0.272. The molecule has 4 nitrogen and oxygen atoms in total. The lowest BCUT2D eigenvalue weighted by molar-refractivity contribution is 0.439. The highest BCUT2D eigenvalue weighted by atomic mass is 79.9. The van der Waals surface area contributed by atoms with Crippen molar-refractivity contribution in [1.29, 1.82) is 0 Å². The molecule has 1 saturated heterocycles. The number of hydrogen-bond acceptors (Lipinski definition) is 3. The summed E-state index contributed by atoms with van der Waals surface area (Å²) in [7, 11) is 0. The van der Waals surface area contributed by atoms with Crippen LogP contribution in [0.15, 0.2) is 81.8 Å². The van der Waals surface area contributed by atoms with Crippen molar-refractivity contribution in [1.82, 2.24) is 10.3 Å². The Labute approximate surface area is 211 Å². The molecule has 2 atom stereocenters. The molecule has 0 saturated carbocycles. The van der Waals surface area contributed by atoms with Gasteiger partial charge >= 0.3 is 0 Å². The average Bonchev–Trinajstić information content (AvgIpc) is 3.42. The second-order valence-electron chi connectivity index (χ2n) is 8.09. The maximum absolute atomic E-state index is 6.46. The van der Waals surface area contributed by atoms with Gasteiger partial charge in [-0.05, 0) is 91.8 Å². The van der Waals surface area contributed by atoms with Gasteiger partial charge in [0.05, 0.1) is 11.7 Å². The number of pyridine rings is 1. The van der Waals surface area contributed by atoms with E-state index in [-0.39, 0.29) is 12.1 Å². The summed E-state index contributed by atoms with van der Waals surface area (Å²) in [6.45, 7) is 4.12. The number of hydrogen-bond donors (Lipinski definition) is 1. The molecule has 2 aromatic carbocycles. The Kier molecular flexibility index (Phi) is 5.99. The van der Waals surface area contributed by atoms with Gasteiger partial charge in [0.15, 0.2) is 5.11 Å². The topological polar surface area (TPSA) is 41.3 Å². The minimum Gasteiger partial charge on any atom is -0.459 e. The Morgan fingerprint density at radius 3 is 2.64 bits per heavy atom. The molecule has 1 N–H and O–H groups in total. The first-order valence-corrected chi connectivity index (χ1v) is 12.1. The highest BCUT2D eigenvalue weighted by Gasteiger charge is 2.42. The third-order valence-corrected chi connectivity index (χ3v) is 7.34. The van der Waals surface area contributed by atoms with E-state index in [1.54, 1.807) is 6.20 Å². The monoisotopic (exact) mass is 537 g/mol. The van der Waals surface area contributed by atoms with Gasteiger partial charge in [-0.3, -0.25) is 4.98 Å². The lowest BCUT2D eigenvalue weighted by Gasteiger charge is -2.26. The number of thiocarbonyl (C=S) groups is 1. The van der Waals surface area contributed by atoms with Gasteiger partial charge in [0.1, 0.15) is 17.6 Å². The standard InChI is InChI=1S/C26H21BrClN3OS/c1-15-6-7-17(28)14-19(15)22-10-11-23(32-22)25-24(21-5-3-4-12-29-21)30-26(33)31(25)18-8-9-20(27)16(2)13-18/h3-14,24-25H,1-2H3,(H,30,33)/t24-,25+/m1/s1. The minimum absolute atomic E-state index is 0.165. The third-order valence-electron chi connectivity index (χ3n) is 5.90. The molecule has 33 heavy (non-hydrogen) atoms. The Bertz CT molecular complexity index is 1340. The Morgan fingerprint density at radius 2 is 1.88 bits per heavy atom. The molecule has 0 bridgehead atoms. The second kappa shape index (κ2) is 8.93. The zero-order chi connectivity index (χ0) is 23.1. The van der Waals surface area contributed by atoms with Gasteiger partial charge in [0.2, 0.25) is 0 Å². The number of benzene rings is 2. The fourth-order valence-corrected chi connectivity index (χ4v) is 4.98. The van der Waals surface area contributed by atoms with E-state index in [0.29, 0.717) is 10.1 Å². The van der Waals surface area contributed by atoms with E-state index >= 15 is 0 Å². The van der Waals surface area contributed by atoms with Gasteiger partial charge < -0.3 is 14.6 Å². The van der Waals surface area contributed by atoms with Crippen molar-refractivity contribution in [3.05, 3.63) is 105 Å². The fourth-order valence-electron chi connectivity index (χ4n) is 4.22. The first kappa shape index (κ1) is 22.1. The highest BCUT2D eigenvalue weighted by molar-refractivity contribution is 9.10. The van der Waals surface area contributed by atoms with Crippen molar-refractivity contribution in [2.45, 2.75) is 25.9 Å². The van der Waals surface area contributed by atoms with Crippen LogP contribution in [0.3, 0.4) is 0 Å². The molecule has 1 fully saturated rings. The smallest absolute Gasteiger partial charge is 0.174 e. The Morgan fingerprint density at radius 1 is 1.03 bits per heavy atom. The normalized spacial score (nSPS) is 17.9. The molecule has 5 rings (SSSR count). The van der Waals surface area contributed by atoms with Crippen LogP contribution in [0.25, 0.3) is 11.3 Å². The molecule has 0 amide bonds. The zero-order valence-corrected chi connectivity index (χ0v) is 21.2. The van der Waals surface area contributed by atoms with Crippen LogP contribution in [0.2, 0.25) is 5.02 Å². The number of rotatable bonds is 4. The Hall–Kier alpha value is -2.67. The molecule has 1 aliphatic rings. The number of nitrogens with zero attached hydrogens (tertiary/aromatic N) is 2. The van der Waals surface area contributed by atoms with E-state index in [1.807, 2.05) is 61.5 Å². The van der Waals surface area contributed by atoms with Crippen molar-refractivity contribution in [3.63, 3.8) is 0 Å². The first-order valence-electron chi connectivity index (χ1n) is 10.6. The predicted molar refractivity (Wildman–Crippen MR) is 141 cm³/mol. The predicted octanol–water partition coefficient (Wildman–Crippen LogP) is 7.55. The lowest BCUT2D eigenvalue weighted by atomic mass is 10.0. The summed E-state index contributed by atoms with van der Waals surface area (Å²) in [6, 6.07) is 21.6. The zero-order valence-electron chi connectivity index (χ0n) is 18.0. The first-order chi connectivity index (χ1) is 15.9. The van der Waals surface area contributed by atoms with Crippen LogP contribution in [0, 0.1) is 13.8 Å². The maximum atomic E-state index is 6.46. The third kappa shape index (κ3) is 4.19. The summed E-state index contributed by atoms with van der Waals surface area (Å²) in [5, 5.41) is 4.78. The summed E-state index contributed by atoms with van der Waals surface area (Å²) in [5.41, 5.74) is 5.10. The number of furan rings is 1. The minimum atomic E-state index is -0.207. The van der Waals surface area contributed by atoms with Crippen LogP contribution >= 0.6 is 39.7 Å². The van der Waals surface area contributed by atoms with E-state index in [2.05, 4.69) is 50.2 Å². The van der Waals surface area contributed by atoms with Crippen molar-refractivity contribution < 1.29 is 4.42 Å². The van der Waals surface area contributed by atoms with E-state index in [1.165, 1.54) is 0 Å². The lowest BCUT2D eigenvalue weighted by Crippen LogP contribution is -2.29. The molecule has 0 spiro atoms. The molecular formula is C26H21BrClN3OS. The maximum Gasteiger partial charge on any atom is 0.174 e. The molecule has 1 aliphatic heterocycles. The molecule has 0 aliphatic carbocycles. The fraction of sp³-hybridized carbons (Fsp3) is 0.154. The van der Waals surface area contributed by atoms with Gasteiger partial charge in [0, 0.05) is 26.9 Å². The van der Waals surface area contributed by atoms with Gasteiger partial charge in [-0.2, -0.15) is 0 Å². The summed E-state index contributed by atoms with van der Waals surface area (Å²) >= 11 is 15.7. The van der Waals surface area contributed by atoms with Crippen LogP contribution in [0.1, 0.15) is 34.7 Å². The van der Waals surface area contributed by atoms with Crippen molar-refractivity contribution in [2.75, 3.05) is 4.90 Å². The van der Waals surface area contributed by atoms with Gasteiger partial charge in [-0.15, -0.1) is 0 Å². The number of nitrogens with one attached hydrogen (secondary N) is 1. The average molecular weight is 539 g/mol. The molecule has 4 aromatic rings. The van der Waals surface area contributed by atoms with Crippen molar-refractivity contribution in [2.24, 2.45) is 0 Å². The van der Waals surface area contributed by atoms with Crippen molar-refractivity contribution in [3.8, 4) is 11.3 Å². The molecule has 0 unspecified atom stereocenters. The molecular weight excluding hydrogens is 518 g/mol. The molecule has 3 heterocycles. The van der Waals surface area contributed by atoms with E-state index in [0.717, 1.165) is 44.1 Å². The van der Waals surface area contributed by atoms with Crippen LogP contribution in [0.4, 0.5) is 5.69 Å². The molecule has 2 aromatic heterocycles. The molecule has 166 valence electrons. The Balaban J connectivity index is 1.62. The van der Waals surface area contributed by atoms with Crippen LogP contribution < -0.4 is 10.2 Å². The SMILES string of the molecule is Cc1cc(N2C(=S)N[C@H](c3ccccn3)[C@@H]2c2ccc(-c3cc(Cl)ccc3C)o2)ccc1Br. The van der Waals surface area contributed by atoms with Crippen LogP contribution in [-0.2, 0) is 0 Å². The second-order valence-corrected chi connectivity index (χ2v) is 9.77. The van der Waals surface area contributed by atoms with Crippen LogP contribution in [0.5, 0.6) is 0 Å². The molecule has 7 heteroatoms. The highest BCUT2D eigenvalue weighted by Crippen LogP contribution is 2.43. The largest absolute Gasteiger partial charge is 0.459 e. The number of anilines is 1. The van der Waals surface area contributed by atoms with Gasteiger partial charge in [-0.1, -0.05) is 39.7 Å². The number of halogens is 2. The number of aryl methyl sites for hydroxylation is 2. The van der Waals surface area contributed by atoms with E-state index in [4.69, 9.17) is 28.2 Å². The van der Waals surface area contributed by atoms with E-state index < -0.39 is 0 Å². The molecule has 0 radical (unpaired) electrons. The van der Waals surface area contributed by atoms with E-state index in [9.17, 15) is 0 Å². The van der Waals surface area contributed by atoms with Gasteiger partial charge in [0.25, 0.3) is 0 Å². The van der Waals surface area contributed by atoms with Crippen LogP contribution in [-0.4, -0.2) is 10.1 Å². The summed E-state index contributed by atoms with van der Waals surface area (Å²) in [4.78, 5) is 6.72. The number of aromatic nitrogens is 1.